The summed E-state index contributed by atoms with van der Waals surface area (Å²) in [5.41, 5.74) is 0. The first-order valence-corrected chi connectivity index (χ1v) is 9.20. The zero-order valence-corrected chi connectivity index (χ0v) is 12.3. The van der Waals surface area contributed by atoms with Crippen LogP contribution in [0.25, 0.3) is 0 Å². The van der Waals surface area contributed by atoms with E-state index in [-0.39, 0.29) is 0 Å². The van der Waals surface area contributed by atoms with Crippen LogP contribution in [0.2, 0.25) is 0 Å². The molecule has 0 bridgehead atoms. The fourth-order valence-corrected chi connectivity index (χ4v) is 3.21. The molecular weight excluding hydrogens is 242 g/mol. The maximum absolute atomic E-state index is 11.0. The highest BCUT2D eigenvalue weighted by atomic mass is 32.2. The molecule has 5 heteroatoms. The summed E-state index contributed by atoms with van der Waals surface area (Å²) in [4.78, 5) is 0. The summed E-state index contributed by atoms with van der Waals surface area (Å²) >= 11 is 1.95. The van der Waals surface area contributed by atoms with Gasteiger partial charge in [0.1, 0.15) is 9.84 Å². The number of sulfone groups is 1. The molecule has 0 aliphatic rings. The first-order chi connectivity index (χ1) is 7.49. The average Bonchev–Trinajstić information content (AvgIpc) is 2.16. The van der Waals surface area contributed by atoms with Crippen molar-refractivity contribution in [3.8, 4) is 0 Å². The molecule has 1 N–H and O–H groups in total. The van der Waals surface area contributed by atoms with Crippen molar-refractivity contribution in [2.75, 3.05) is 30.1 Å². The summed E-state index contributed by atoms with van der Waals surface area (Å²) in [6.45, 7) is 5.23. The Morgan fingerprint density at radius 1 is 1.31 bits per heavy atom. The predicted octanol–water partition coefficient (Wildman–Crippen LogP) is 1.93. The molecule has 0 amide bonds. The number of hydrogen-bond acceptors (Lipinski definition) is 4. The molecule has 0 aromatic heterocycles. The molecule has 0 saturated heterocycles. The van der Waals surface area contributed by atoms with Gasteiger partial charge in [-0.1, -0.05) is 13.8 Å². The van der Waals surface area contributed by atoms with Gasteiger partial charge >= 0.3 is 0 Å². The van der Waals surface area contributed by atoms with Crippen LogP contribution in [0.15, 0.2) is 0 Å². The molecule has 0 rings (SSSR count). The molecule has 98 valence electrons. The van der Waals surface area contributed by atoms with Gasteiger partial charge in [0, 0.05) is 23.8 Å². The van der Waals surface area contributed by atoms with Crippen LogP contribution in [0.4, 0.5) is 0 Å². The largest absolute Gasteiger partial charge is 0.313 e. The lowest BCUT2D eigenvalue weighted by molar-refractivity contribution is 0.527. The Labute approximate surface area is 105 Å². The van der Waals surface area contributed by atoms with Gasteiger partial charge in [-0.3, -0.25) is 0 Å². The standard InChI is InChI=1S/C11H25NO2S2/c1-4-8-15-10-11(12-5-2)7-6-9-16(3,13)14/h11-12H,4-10H2,1-3H3. The Bertz CT molecular complexity index is 253. The molecule has 0 aliphatic carbocycles. The number of hydrogen-bond donors (Lipinski definition) is 1. The summed E-state index contributed by atoms with van der Waals surface area (Å²) in [6, 6.07) is 0.461. The van der Waals surface area contributed by atoms with Crippen LogP contribution in [0, 0.1) is 0 Å². The second-order valence-corrected chi connectivity index (χ2v) is 7.51. The van der Waals surface area contributed by atoms with Crippen LogP contribution in [0.1, 0.15) is 33.1 Å². The minimum absolute atomic E-state index is 0.313. The number of rotatable bonds is 10. The first kappa shape index (κ1) is 16.3. The van der Waals surface area contributed by atoms with E-state index in [9.17, 15) is 8.42 Å². The molecule has 1 atom stereocenters. The molecule has 1 unspecified atom stereocenters. The quantitative estimate of drug-likeness (QED) is 0.614. The molecule has 0 aromatic carbocycles. The zero-order valence-electron chi connectivity index (χ0n) is 10.7. The van der Waals surface area contributed by atoms with Gasteiger partial charge in [0.25, 0.3) is 0 Å². The summed E-state index contributed by atoms with van der Waals surface area (Å²) in [5, 5.41) is 3.41. The fraction of sp³-hybridized carbons (Fsp3) is 1.00. The fourth-order valence-electron chi connectivity index (χ4n) is 1.49. The van der Waals surface area contributed by atoms with Crippen molar-refractivity contribution in [2.24, 2.45) is 0 Å². The van der Waals surface area contributed by atoms with Crippen LogP contribution in [0.5, 0.6) is 0 Å². The maximum atomic E-state index is 11.0. The van der Waals surface area contributed by atoms with Gasteiger partial charge in [0.05, 0.1) is 0 Å². The van der Waals surface area contributed by atoms with Crippen molar-refractivity contribution in [2.45, 2.75) is 39.2 Å². The molecule has 0 radical (unpaired) electrons. The highest BCUT2D eigenvalue weighted by Gasteiger charge is 2.09. The lowest BCUT2D eigenvalue weighted by Gasteiger charge is -2.17. The molecule has 0 aliphatic heterocycles. The SMILES string of the molecule is CCCSCC(CCCS(C)(=O)=O)NCC. The third kappa shape index (κ3) is 10.8. The van der Waals surface area contributed by atoms with Crippen molar-refractivity contribution < 1.29 is 8.42 Å². The van der Waals surface area contributed by atoms with Crippen LogP contribution in [-0.2, 0) is 9.84 Å². The molecule has 0 heterocycles. The van der Waals surface area contributed by atoms with E-state index in [0.29, 0.717) is 11.8 Å². The lowest BCUT2D eigenvalue weighted by Crippen LogP contribution is -2.31. The molecule has 0 saturated carbocycles. The van der Waals surface area contributed by atoms with Crippen molar-refractivity contribution in [1.82, 2.24) is 5.32 Å². The number of nitrogens with one attached hydrogen (secondary N) is 1. The van der Waals surface area contributed by atoms with Crippen molar-refractivity contribution in [3.05, 3.63) is 0 Å². The smallest absolute Gasteiger partial charge is 0.147 e. The molecular formula is C11H25NO2S2. The maximum Gasteiger partial charge on any atom is 0.147 e. The van der Waals surface area contributed by atoms with Crippen molar-refractivity contribution in [3.63, 3.8) is 0 Å². The van der Waals surface area contributed by atoms with Gasteiger partial charge in [0.15, 0.2) is 0 Å². The monoisotopic (exact) mass is 267 g/mol. The minimum Gasteiger partial charge on any atom is -0.313 e. The zero-order chi connectivity index (χ0) is 12.4. The van der Waals surface area contributed by atoms with E-state index in [1.807, 2.05) is 11.8 Å². The minimum atomic E-state index is -2.79. The van der Waals surface area contributed by atoms with E-state index in [0.717, 1.165) is 25.1 Å². The average molecular weight is 267 g/mol. The highest BCUT2D eigenvalue weighted by Crippen LogP contribution is 2.09. The summed E-state index contributed by atoms with van der Waals surface area (Å²) < 4.78 is 22.0. The summed E-state index contributed by atoms with van der Waals surface area (Å²) in [5.74, 6) is 2.59. The highest BCUT2D eigenvalue weighted by molar-refractivity contribution is 7.99. The summed E-state index contributed by atoms with van der Waals surface area (Å²) in [6.07, 6.45) is 4.23. The van der Waals surface area contributed by atoms with Gasteiger partial charge in [-0.25, -0.2) is 8.42 Å². The van der Waals surface area contributed by atoms with E-state index in [4.69, 9.17) is 0 Å². The normalized spacial score (nSPS) is 13.9. The van der Waals surface area contributed by atoms with E-state index in [1.165, 1.54) is 18.4 Å². The van der Waals surface area contributed by atoms with Crippen molar-refractivity contribution >= 4 is 21.6 Å². The topological polar surface area (TPSA) is 46.2 Å². The molecule has 0 spiro atoms. The van der Waals surface area contributed by atoms with E-state index >= 15 is 0 Å². The van der Waals surface area contributed by atoms with E-state index in [2.05, 4.69) is 19.2 Å². The molecule has 16 heavy (non-hydrogen) atoms. The third-order valence-electron chi connectivity index (χ3n) is 2.23. The van der Waals surface area contributed by atoms with E-state index < -0.39 is 9.84 Å². The molecule has 0 fully saturated rings. The Kier molecular flexibility index (Phi) is 9.46. The Balaban J connectivity index is 3.75. The van der Waals surface area contributed by atoms with Crippen LogP contribution in [0.3, 0.4) is 0 Å². The molecule has 3 nitrogen and oxygen atoms in total. The van der Waals surface area contributed by atoms with Gasteiger partial charge in [0.2, 0.25) is 0 Å². The van der Waals surface area contributed by atoms with E-state index in [1.54, 1.807) is 0 Å². The second kappa shape index (κ2) is 9.31. The second-order valence-electron chi connectivity index (χ2n) is 4.10. The molecule has 0 aromatic rings. The van der Waals surface area contributed by atoms with Gasteiger partial charge in [-0.2, -0.15) is 11.8 Å². The lowest BCUT2D eigenvalue weighted by atomic mass is 10.2. The van der Waals surface area contributed by atoms with Gasteiger partial charge < -0.3 is 5.32 Å². The Hall–Kier alpha value is 0.260. The van der Waals surface area contributed by atoms with Gasteiger partial charge in [-0.15, -0.1) is 0 Å². The predicted molar refractivity (Wildman–Crippen MR) is 74.0 cm³/mol. The Morgan fingerprint density at radius 3 is 2.50 bits per heavy atom. The summed E-state index contributed by atoms with van der Waals surface area (Å²) in [7, 11) is -2.79. The van der Waals surface area contributed by atoms with Crippen LogP contribution >= 0.6 is 11.8 Å². The van der Waals surface area contributed by atoms with Crippen molar-refractivity contribution in [1.29, 1.82) is 0 Å². The van der Waals surface area contributed by atoms with Crippen LogP contribution in [-0.4, -0.2) is 44.5 Å². The van der Waals surface area contributed by atoms with Crippen LogP contribution < -0.4 is 5.32 Å². The van der Waals surface area contributed by atoms with Gasteiger partial charge in [-0.05, 0) is 31.6 Å². The third-order valence-corrected chi connectivity index (χ3v) is 4.59. The Morgan fingerprint density at radius 2 is 2.00 bits per heavy atom. The first-order valence-electron chi connectivity index (χ1n) is 5.98. The number of thioether (sulfide) groups is 1.